The molecule has 0 aliphatic rings. The topological polar surface area (TPSA) is 149 Å². The van der Waals surface area contributed by atoms with Crippen LogP contribution in [0, 0.1) is 0 Å². The van der Waals surface area contributed by atoms with Gasteiger partial charge in [0.1, 0.15) is 0 Å². The number of benzene rings is 3. The molecule has 0 bridgehead atoms. The third-order valence-corrected chi connectivity index (χ3v) is 4.52. The van der Waals surface area contributed by atoms with Gasteiger partial charge in [0.15, 0.2) is 0 Å². The molecule has 0 aliphatic heterocycles. The van der Waals surface area contributed by atoms with Crippen molar-refractivity contribution in [3.63, 3.8) is 0 Å². The van der Waals surface area contributed by atoms with Crippen LogP contribution < -0.4 is 0 Å². The Balaban J connectivity index is 2.44. The Morgan fingerprint density at radius 3 is 1.50 bits per heavy atom. The van der Waals surface area contributed by atoms with Gasteiger partial charge in [0, 0.05) is 0 Å². The Hall–Kier alpha value is -4.46. The van der Waals surface area contributed by atoms with Crippen LogP contribution in [-0.4, -0.2) is 44.3 Å². The molecule has 0 saturated heterocycles. The summed E-state index contributed by atoms with van der Waals surface area (Å²) in [5.74, 6) is -6.19. The van der Waals surface area contributed by atoms with Crippen LogP contribution in [0.15, 0.2) is 60.7 Å². The van der Waals surface area contributed by atoms with Crippen LogP contribution in [-0.2, 0) is 0 Å². The number of hydrogen-bond acceptors (Lipinski definition) is 4. The zero-order valence-corrected chi connectivity index (χ0v) is 15.2. The fourth-order valence-corrected chi connectivity index (χ4v) is 3.32. The van der Waals surface area contributed by atoms with Gasteiger partial charge in [-0.3, -0.25) is 0 Å². The van der Waals surface area contributed by atoms with Crippen molar-refractivity contribution in [3.8, 4) is 22.3 Å². The molecule has 0 unspecified atom stereocenters. The summed E-state index contributed by atoms with van der Waals surface area (Å²) in [6.45, 7) is 0. The van der Waals surface area contributed by atoms with Gasteiger partial charge in [0.2, 0.25) is 0 Å². The van der Waals surface area contributed by atoms with Gasteiger partial charge in [-0.1, -0.05) is 54.6 Å². The summed E-state index contributed by atoms with van der Waals surface area (Å²) in [6.07, 6.45) is 0. The Morgan fingerprint density at radius 1 is 0.467 bits per heavy atom. The number of aromatic carboxylic acids is 4. The molecular formula is C22H14O8. The molecule has 3 rings (SSSR count). The standard InChI is InChI=1S/C22H14O8/c23-19(24)15-8-4-7-13(16(15)20(25)26)14-10-9-12(11-5-2-1-3-6-11)17(21(27)28)18(14)22(29)30/h1-10H,(H,23,24)(H,25,26)(H,27,28)(H,29,30). The maximum atomic E-state index is 12.1. The van der Waals surface area contributed by atoms with Crippen molar-refractivity contribution < 1.29 is 39.6 Å². The van der Waals surface area contributed by atoms with Crippen LogP contribution in [0.2, 0.25) is 0 Å². The molecule has 0 atom stereocenters. The molecule has 150 valence electrons. The zero-order valence-electron chi connectivity index (χ0n) is 15.2. The third kappa shape index (κ3) is 3.49. The molecule has 8 nitrogen and oxygen atoms in total. The summed E-state index contributed by atoms with van der Waals surface area (Å²) in [6, 6.07) is 14.5. The Labute approximate surface area is 169 Å². The Kier molecular flexibility index (Phi) is 5.33. The van der Waals surface area contributed by atoms with Gasteiger partial charge in [-0.05, 0) is 28.3 Å². The molecular weight excluding hydrogens is 392 g/mol. The lowest BCUT2D eigenvalue weighted by atomic mass is 9.86. The highest BCUT2D eigenvalue weighted by molar-refractivity contribution is 6.13. The minimum atomic E-state index is -1.59. The Bertz CT molecular complexity index is 1200. The second-order valence-corrected chi connectivity index (χ2v) is 6.23. The van der Waals surface area contributed by atoms with E-state index in [1.807, 2.05) is 0 Å². The van der Waals surface area contributed by atoms with E-state index in [0.717, 1.165) is 6.07 Å². The minimum absolute atomic E-state index is 0.135. The lowest BCUT2D eigenvalue weighted by Crippen LogP contribution is -2.14. The van der Waals surface area contributed by atoms with Crippen molar-refractivity contribution in [2.75, 3.05) is 0 Å². The average molecular weight is 406 g/mol. The molecule has 0 amide bonds. The van der Waals surface area contributed by atoms with E-state index in [-0.39, 0.29) is 16.7 Å². The zero-order chi connectivity index (χ0) is 22.0. The van der Waals surface area contributed by atoms with E-state index >= 15 is 0 Å². The molecule has 0 aliphatic carbocycles. The normalized spacial score (nSPS) is 10.4. The number of hydrogen-bond donors (Lipinski definition) is 4. The fourth-order valence-electron chi connectivity index (χ4n) is 3.32. The quantitative estimate of drug-likeness (QED) is 0.483. The molecule has 30 heavy (non-hydrogen) atoms. The van der Waals surface area contributed by atoms with E-state index in [4.69, 9.17) is 0 Å². The molecule has 8 heteroatoms. The number of carbonyl (C=O) groups is 4. The summed E-state index contributed by atoms with van der Waals surface area (Å²) in [4.78, 5) is 47.4. The highest BCUT2D eigenvalue weighted by Gasteiger charge is 2.29. The number of rotatable bonds is 6. The summed E-state index contributed by atoms with van der Waals surface area (Å²) in [7, 11) is 0. The first-order valence-electron chi connectivity index (χ1n) is 8.53. The van der Waals surface area contributed by atoms with E-state index in [2.05, 4.69) is 0 Å². The Morgan fingerprint density at radius 2 is 0.967 bits per heavy atom. The monoisotopic (exact) mass is 406 g/mol. The van der Waals surface area contributed by atoms with Crippen LogP contribution in [0.4, 0.5) is 0 Å². The van der Waals surface area contributed by atoms with Crippen LogP contribution in [0.1, 0.15) is 41.4 Å². The fraction of sp³-hybridized carbons (Fsp3) is 0. The van der Waals surface area contributed by atoms with Crippen molar-refractivity contribution in [3.05, 3.63) is 82.9 Å². The predicted octanol–water partition coefficient (Wildman–Crippen LogP) is 3.81. The van der Waals surface area contributed by atoms with Crippen LogP contribution in [0.3, 0.4) is 0 Å². The molecule has 0 fully saturated rings. The van der Waals surface area contributed by atoms with Crippen molar-refractivity contribution in [2.45, 2.75) is 0 Å². The first-order chi connectivity index (χ1) is 14.2. The van der Waals surface area contributed by atoms with Gasteiger partial charge < -0.3 is 20.4 Å². The summed E-state index contributed by atoms with van der Waals surface area (Å²) >= 11 is 0. The number of carboxylic acids is 4. The van der Waals surface area contributed by atoms with Gasteiger partial charge in [0.25, 0.3) is 0 Å². The minimum Gasteiger partial charge on any atom is -0.478 e. The maximum absolute atomic E-state index is 12.1. The summed E-state index contributed by atoms with van der Waals surface area (Å²) in [5, 5.41) is 38.5. The van der Waals surface area contributed by atoms with E-state index in [1.165, 1.54) is 24.3 Å². The van der Waals surface area contributed by atoms with Gasteiger partial charge in [-0.2, -0.15) is 0 Å². The van der Waals surface area contributed by atoms with E-state index < -0.39 is 46.1 Å². The lowest BCUT2D eigenvalue weighted by molar-refractivity contribution is 0.0650. The molecule has 0 spiro atoms. The smallest absolute Gasteiger partial charge is 0.337 e. The average Bonchev–Trinajstić information content (AvgIpc) is 2.72. The van der Waals surface area contributed by atoms with E-state index in [0.29, 0.717) is 5.56 Å². The second-order valence-electron chi connectivity index (χ2n) is 6.23. The molecule has 0 saturated carbocycles. The third-order valence-electron chi connectivity index (χ3n) is 4.52. The first-order valence-corrected chi connectivity index (χ1v) is 8.53. The molecule has 0 radical (unpaired) electrons. The van der Waals surface area contributed by atoms with E-state index in [1.54, 1.807) is 30.3 Å². The van der Waals surface area contributed by atoms with Crippen LogP contribution in [0.5, 0.6) is 0 Å². The van der Waals surface area contributed by atoms with Gasteiger partial charge in [0.05, 0.1) is 22.3 Å². The van der Waals surface area contributed by atoms with Gasteiger partial charge in [-0.25, -0.2) is 19.2 Å². The summed E-state index contributed by atoms with van der Waals surface area (Å²) in [5.41, 5.74) is -2.15. The van der Waals surface area contributed by atoms with E-state index in [9.17, 15) is 39.6 Å². The second kappa shape index (κ2) is 7.88. The molecule has 0 aromatic heterocycles. The van der Waals surface area contributed by atoms with Crippen molar-refractivity contribution in [2.24, 2.45) is 0 Å². The lowest BCUT2D eigenvalue weighted by Gasteiger charge is -2.16. The van der Waals surface area contributed by atoms with Crippen molar-refractivity contribution >= 4 is 23.9 Å². The van der Waals surface area contributed by atoms with Crippen LogP contribution in [0.25, 0.3) is 22.3 Å². The predicted molar refractivity (Wildman–Crippen MR) is 105 cm³/mol. The number of carboxylic acid groups (broad SMARTS) is 4. The molecule has 4 N–H and O–H groups in total. The SMILES string of the molecule is O=C(O)c1cccc(-c2ccc(-c3ccccc3)c(C(=O)O)c2C(=O)O)c1C(=O)O. The van der Waals surface area contributed by atoms with Gasteiger partial charge >= 0.3 is 23.9 Å². The molecule has 3 aromatic carbocycles. The highest BCUT2D eigenvalue weighted by Crippen LogP contribution is 2.36. The van der Waals surface area contributed by atoms with Crippen molar-refractivity contribution in [1.29, 1.82) is 0 Å². The van der Waals surface area contributed by atoms with Crippen molar-refractivity contribution in [1.82, 2.24) is 0 Å². The molecule has 0 heterocycles. The highest BCUT2D eigenvalue weighted by atomic mass is 16.4. The summed E-state index contributed by atoms with van der Waals surface area (Å²) < 4.78 is 0. The van der Waals surface area contributed by atoms with Crippen LogP contribution >= 0.6 is 0 Å². The first kappa shape index (κ1) is 20.3. The molecule has 3 aromatic rings. The van der Waals surface area contributed by atoms with Gasteiger partial charge in [-0.15, -0.1) is 0 Å². The largest absolute Gasteiger partial charge is 0.478 e. The maximum Gasteiger partial charge on any atom is 0.337 e.